The molecule has 0 aliphatic heterocycles. The third-order valence-corrected chi connectivity index (χ3v) is 15.6. The summed E-state index contributed by atoms with van der Waals surface area (Å²) >= 11 is 0. The van der Waals surface area contributed by atoms with Gasteiger partial charge in [-0.1, -0.05) is 30.2 Å². The van der Waals surface area contributed by atoms with Gasteiger partial charge < -0.3 is 5.32 Å². The molecule has 1 saturated carbocycles. The summed E-state index contributed by atoms with van der Waals surface area (Å²) in [5, 5.41) is 10.0. The molecular formula is C43H39F8N7O5S2. The number of allylic oxidation sites excluding steroid dienone is 2. The minimum absolute atomic E-state index is 0.0159. The van der Waals surface area contributed by atoms with Gasteiger partial charge in [0.1, 0.15) is 46.6 Å². The zero-order valence-electron chi connectivity index (χ0n) is 34.8. The molecule has 0 spiro atoms. The molecule has 3 heterocycles. The first-order valence-electron chi connectivity index (χ1n) is 20.1. The van der Waals surface area contributed by atoms with Crippen LogP contribution in [0.1, 0.15) is 84.5 Å². The number of carbonyl (C=O) groups is 1. The normalized spacial score (nSPS) is 18.3. The van der Waals surface area contributed by atoms with Gasteiger partial charge in [-0.3, -0.25) is 18.9 Å². The van der Waals surface area contributed by atoms with E-state index in [4.69, 9.17) is 0 Å². The second kappa shape index (κ2) is 16.3. The first-order valence-corrected chi connectivity index (χ1v) is 23.5. The second-order valence-corrected chi connectivity index (χ2v) is 21.4. The maximum absolute atomic E-state index is 15.7. The van der Waals surface area contributed by atoms with E-state index in [9.17, 15) is 48.0 Å². The summed E-state index contributed by atoms with van der Waals surface area (Å²) in [7, 11) is -7.77. The Hall–Kier alpha value is -5.82. The van der Waals surface area contributed by atoms with Crippen molar-refractivity contribution in [2.75, 3.05) is 11.0 Å². The molecule has 3 aliphatic carbocycles. The monoisotopic (exact) mass is 949 g/mol. The number of sulfonamides is 1. The Labute approximate surface area is 367 Å². The molecule has 1 amide bonds. The Balaban J connectivity index is 1.32. The standard InChI is InChI=1S/C43H39F8N7O5S2/c1-21-5-9-28(38-34(21)41(55-57(38)19-32(46)47)56-65(62,63)26-7-8-26)27-10-6-25(13-14-42(2,3)64(4,60)61)52-36(27)31(17-22-15-23(44)18-24(45)16-22)53-33(59)20-58-39-35(37(54-58)40(48)49)29-11-12-30(29)43(39,50)51/h5-6,9-12,15-16,18,26,29-32,40H,7-8,17,19-20H2,1-4H3,(H,53,59)(H,55,56)/t29-,30+,31-/m0/s1. The van der Waals surface area contributed by atoms with Gasteiger partial charge in [0.2, 0.25) is 15.9 Å². The fourth-order valence-corrected chi connectivity index (χ4v) is 9.67. The molecule has 0 saturated heterocycles. The van der Waals surface area contributed by atoms with Crippen molar-refractivity contribution >= 4 is 42.5 Å². The molecule has 0 unspecified atom stereocenters. The fraction of sp³-hybridized carbons (Fsp3) is 0.395. The molecule has 0 bridgehead atoms. The third kappa shape index (κ3) is 8.59. The van der Waals surface area contributed by atoms with Crippen LogP contribution in [0.5, 0.6) is 0 Å². The minimum Gasteiger partial charge on any atom is -0.346 e. The summed E-state index contributed by atoms with van der Waals surface area (Å²) in [6.45, 7) is 2.20. The number of benzene rings is 2. The number of fused-ring (bicyclic) bond motifs is 4. The number of alkyl halides is 6. The summed E-state index contributed by atoms with van der Waals surface area (Å²) in [5.74, 6) is -4.22. The van der Waals surface area contributed by atoms with Crippen LogP contribution < -0.4 is 10.0 Å². The number of aryl methyl sites for hydroxylation is 1. The molecule has 65 heavy (non-hydrogen) atoms. The van der Waals surface area contributed by atoms with Gasteiger partial charge in [-0.25, -0.2) is 48.2 Å². The smallest absolute Gasteiger partial charge is 0.296 e. The van der Waals surface area contributed by atoms with Crippen LogP contribution in [-0.2, 0) is 50.1 Å². The van der Waals surface area contributed by atoms with Gasteiger partial charge >= 0.3 is 0 Å². The van der Waals surface area contributed by atoms with E-state index in [1.54, 1.807) is 13.0 Å². The van der Waals surface area contributed by atoms with Crippen LogP contribution in [0.25, 0.3) is 22.0 Å². The van der Waals surface area contributed by atoms with E-state index in [-0.39, 0.29) is 44.8 Å². The summed E-state index contributed by atoms with van der Waals surface area (Å²) in [4.78, 5) is 18.8. The number of halogens is 8. The first kappa shape index (κ1) is 45.7. The molecular weight excluding hydrogens is 911 g/mol. The summed E-state index contributed by atoms with van der Waals surface area (Å²) < 4.78 is 172. The van der Waals surface area contributed by atoms with Gasteiger partial charge in [0, 0.05) is 40.3 Å². The number of anilines is 1. The highest BCUT2D eigenvalue weighted by Crippen LogP contribution is 2.60. The van der Waals surface area contributed by atoms with E-state index >= 15 is 8.78 Å². The van der Waals surface area contributed by atoms with E-state index in [1.807, 2.05) is 0 Å². The first-order chi connectivity index (χ1) is 30.4. The highest BCUT2D eigenvalue weighted by molar-refractivity contribution is 7.93. The number of hydrogen-bond donors (Lipinski definition) is 2. The lowest BCUT2D eigenvalue weighted by atomic mass is 9.81. The number of carbonyl (C=O) groups excluding carboxylic acids is 1. The van der Waals surface area contributed by atoms with Crippen LogP contribution in [-0.4, -0.2) is 70.0 Å². The van der Waals surface area contributed by atoms with Crippen LogP contribution in [0.3, 0.4) is 0 Å². The SMILES string of the molecule is Cc1ccc(-c2ccc(C#CC(C)(C)S(C)(=O)=O)nc2[C@H](Cc2cc(F)cc(F)c2)NC(=O)Cn2nc(C(F)F)c3c2C(F)(F)[C@@H]2C=C[C@H]32)c2c1c(NS(=O)(=O)C1CC1)nn2CC(F)F. The van der Waals surface area contributed by atoms with Crippen molar-refractivity contribution in [1.82, 2.24) is 29.9 Å². The van der Waals surface area contributed by atoms with E-state index in [0.717, 1.165) is 23.1 Å². The fourth-order valence-electron chi connectivity index (χ4n) is 8.09. The Kier molecular flexibility index (Phi) is 11.4. The highest BCUT2D eigenvalue weighted by atomic mass is 32.2. The second-order valence-electron chi connectivity index (χ2n) is 16.9. The van der Waals surface area contributed by atoms with E-state index in [2.05, 4.69) is 37.1 Å². The number of nitrogens with one attached hydrogen (secondary N) is 2. The largest absolute Gasteiger partial charge is 0.346 e. The number of hydrogen-bond acceptors (Lipinski definition) is 8. The average Bonchev–Trinajstić information content (AvgIpc) is 3.86. The van der Waals surface area contributed by atoms with E-state index < -0.39 is 121 Å². The van der Waals surface area contributed by atoms with Crippen molar-refractivity contribution in [3.63, 3.8) is 0 Å². The van der Waals surface area contributed by atoms with Crippen molar-refractivity contribution in [2.45, 2.75) is 93.9 Å². The summed E-state index contributed by atoms with van der Waals surface area (Å²) in [6.07, 6.45) is -2.53. The molecule has 22 heteroatoms. The number of aromatic nitrogens is 5. The number of sulfone groups is 1. The zero-order valence-corrected chi connectivity index (χ0v) is 36.4. The summed E-state index contributed by atoms with van der Waals surface area (Å²) in [6, 6.07) is 6.75. The van der Waals surface area contributed by atoms with Gasteiger partial charge in [0.05, 0.1) is 28.4 Å². The van der Waals surface area contributed by atoms with Crippen molar-refractivity contribution in [3.8, 4) is 23.0 Å². The van der Waals surface area contributed by atoms with Gasteiger partial charge in [0.25, 0.3) is 18.8 Å². The third-order valence-electron chi connectivity index (χ3n) is 11.8. The summed E-state index contributed by atoms with van der Waals surface area (Å²) in [5.41, 5.74) is -2.02. The Morgan fingerprint density at radius 2 is 1.62 bits per heavy atom. The van der Waals surface area contributed by atoms with Gasteiger partial charge in [-0.2, -0.15) is 19.0 Å². The molecule has 2 aromatic carbocycles. The van der Waals surface area contributed by atoms with Crippen molar-refractivity contribution in [2.24, 2.45) is 5.92 Å². The number of nitrogens with zero attached hydrogens (tertiary/aromatic N) is 5. The van der Waals surface area contributed by atoms with Crippen molar-refractivity contribution < 1.29 is 56.8 Å². The molecule has 8 rings (SSSR count). The molecule has 12 nitrogen and oxygen atoms in total. The van der Waals surface area contributed by atoms with Gasteiger partial charge in [0.15, 0.2) is 15.7 Å². The van der Waals surface area contributed by atoms with Crippen molar-refractivity contribution in [3.05, 3.63) is 106 Å². The van der Waals surface area contributed by atoms with E-state index in [0.29, 0.717) is 29.2 Å². The lowest BCUT2D eigenvalue weighted by Crippen LogP contribution is -2.35. The molecule has 1 fully saturated rings. The minimum atomic E-state index is -3.99. The highest BCUT2D eigenvalue weighted by Gasteiger charge is 2.60. The van der Waals surface area contributed by atoms with Crippen molar-refractivity contribution in [1.29, 1.82) is 0 Å². The predicted octanol–water partition coefficient (Wildman–Crippen LogP) is 7.64. The Morgan fingerprint density at radius 3 is 2.22 bits per heavy atom. The maximum atomic E-state index is 15.7. The molecule has 344 valence electrons. The van der Waals surface area contributed by atoms with Gasteiger partial charge in [-0.05, 0) is 81.3 Å². The molecule has 3 aromatic heterocycles. The maximum Gasteiger partial charge on any atom is 0.296 e. The molecule has 3 atom stereocenters. The zero-order chi connectivity index (χ0) is 47.1. The predicted molar refractivity (Wildman–Crippen MR) is 222 cm³/mol. The number of rotatable bonds is 14. The van der Waals surface area contributed by atoms with Crippen LogP contribution in [0.15, 0.2) is 54.6 Å². The molecule has 3 aliphatic rings. The van der Waals surface area contributed by atoms with Crippen LogP contribution >= 0.6 is 0 Å². The quantitative estimate of drug-likeness (QED) is 0.0654. The lowest BCUT2D eigenvalue weighted by Gasteiger charge is -2.27. The number of pyridine rings is 1. The van der Waals surface area contributed by atoms with E-state index in [1.165, 1.54) is 44.2 Å². The Morgan fingerprint density at radius 1 is 0.938 bits per heavy atom. The van der Waals surface area contributed by atoms with Crippen LogP contribution in [0.2, 0.25) is 0 Å². The average molecular weight is 950 g/mol. The molecule has 2 N–H and O–H groups in total. The van der Waals surface area contributed by atoms with Crippen LogP contribution in [0, 0.1) is 36.3 Å². The Bertz CT molecular complexity index is 3080. The molecule has 0 radical (unpaired) electrons. The molecule has 5 aromatic rings. The van der Waals surface area contributed by atoms with Gasteiger partial charge in [-0.15, -0.1) is 0 Å². The number of amides is 1. The topological polar surface area (TPSA) is 158 Å². The lowest BCUT2D eigenvalue weighted by molar-refractivity contribution is -0.123. The van der Waals surface area contributed by atoms with Crippen LogP contribution in [0.4, 0.5) is 40.9 Å².